The molecule has 2 aromatic carbocycles. The summed E-state index contributed by atoms with van der Waals surface area (Å²) in [6.45, 7) is 5.04. The molecule has 0 radical (unpaired) electrons. The summed E-state index contributed by atoms with van der Waals surface area (Å²) in [5, 5.41) is 22.9. The Morgan fingerprint density at radius 1 is 1.27 bits per heavy atom. The number of hydrogen-bond donors (Lipinski definition) is 1. The number of para-hydroxylation sites is 1. The van der Waals surface area contributed by atoms with Crippen molar-refractivity contribution in [3.63, 3.8) is 0 Å². The Kier molecular flexibility index (Phi) is 7.05. The van der Waals surface area contributed by atoms with Crippen LogP contribution in [0.3, 0.4) is 0 Å². The van der Waals surface area contributed by atoms with E-state index in [1.807, 2.05) is 42.7 Å². The molecule has 4 rings (SSSR count). The van der Waals surface area contributed by atoms with Crippen LogP contribution in [0.25, 0.3) is 11.4 Å². The molecule has 172 valence electrons. The number of nitrogens with one attached hydrogen (secondary N) is 1. The lowest BCUT2D eigenvalue weighted by molar-refractivity contribution is -0.384. The number of non-ortho nitro benzene ring substituents is 1. The molecule has 1 aliphatic heterocycles. The van der Waals surface area contributed by atoms with Crippen molar-refractivity contribution in [3.8, 4) is 11.4 Å². The third kappa shape index (κ3) is 5.40. The van der Waals surface area contributed by atoms with Gasteiger partial charge in [-0.3, -0.25) is 19.5 Å². The maximum Gasteiger partial charge on any atom is 0.269 e. The zero-order valence-corrected chi connectivity index (χ0v) is 19.2. The number of carbonyl (C=O) groups excluding carboxylic acids is 1. The number of nitro groups is 1. The van der Waals surface area contributed by atoms with Crippen molar-refractivity contribution in [2.45, 2.75) is 49.7 Å². The Hall–Kier alpha value is -3.24. The number of carbonyl (C=O) groups is 1. The highest BCUT2D eigenvalue weighted by Gasteiger charge is 2.25. The van der Waals surface area contributed by atoms with Crippen molar-refractivity contribution in [2.75, 3.05) is 11.9 Å². The Balaban J connectivity index is 1.57. The number of ether oxygens (including phenoxy) is 1. The number of thioether (sulfide) groups is 1. The Morgan fingerprint density at radius 3 is 2.70 bits per heavy atom. The van der Waals surface area contributed by atoms with Crippen molar-refractivity contribution in [3.05, 3.63) is 64.2 Å². The van der Waals surface area contributed by atoms with Gasteiger partial charge in [-0.25, -0.2) is 0 Å². The Bertz CT molecular complexity index is 1140. The summed E-state index contributed by atoms with van der Waals surface area (Å²) in [6.07, 6.45) is 1.97. The van der Waals surface area contributed by atoms with Gasteiger partial charge in [0.05, 0.1) is 22.8 Å². The molecule has 1 fully saturated rings. The van der Waals surface area contributed by atoms with E-state index in [2.05, 4.69) is 15.5 Å². The third-order valence-electron chi connectivity index (χ3n) is 5.52. The van der Waals surface area contributed by atoms with Crippen molar-refractivity contribution in [1.82, 2.24) is 14.8 Å². The number of rotatable bonds is 8. The second-order valence-electron chi connectivity index (χ2n) is 7.92. The standard InChI is InChI=1S/C23H25N5O4S/c1-15-6-3-4-8-20(15)24-22(29)16(2)33-23-26-25-21(27(23)14-19-7-5-13-32-19)17-9-11-18(12-10-17)28(30)31/h3-4,6,8-12,16,19H,5,7,13-14H2,1-2H3,(H,24,29)/t16-,19+/m0/s1. The van der Waals surface area contributed by atoms with Gasteiger partial charge in [0.15, 0.2) is 11.0 Å². The first-order valence-corrected chi connectivity index (χ1v) is 11.6. The molecule has 3 aromatic rings. The number of nitro benzene ring substituents is 1. The smallest absolute Gasteiger partial charge is 0.269 e. The van der Waals surface area contributed by atoms with Gasteiger partial charge in [-0.2, -0.15) is 0 Å². The van der Waals surface area contributed by atoms with Gasteiger partial charge in [-0.1, -0.05) is 30.0 Å². The van der Waals surface area contributed by atoms with E-state index in [1.165, 1.54) is 23.9 Å². The van der Waals surface area contributed by atoms with Crippen LogP contribution in [-0.2, 0) is 16.1 Å². The molecule has 0 unspecified atom stereocenters. The average Bonchev–Trinajstić information content (AvgIpc) is 3.46. The number of amides is 1. The summed E-state index contributed by atoms with van der Waals surface area (Å²) in [6, 6.07) is 13.9. The molecule has 9 nitrogen and oxygen atoms in total. The highest BCUT2D eigenvalue weighted by Crippen LogP contribution is 2.30. The first-order chi connectivity index (χ1) is 15.9. The van der Waals surface area contributed by atoms with Gasteiger partial charge in [0.1, 0.15) is 0 Å². The normalized spacial score (nSPS) is 16.5. The highest BCUT2D eigenvalue weighted by molar-refractivity contribution is 8.00. The van der Waals surface area contributed by atoms with Gasteiger partial charge >= 0.3 is 0 Å². The zero-order valence-electron chi connectivity index (χ0n) is 18.4. The van der Waals surface area contributed by atoms with Crippen LogP contribution in [0.15, 0.2) is 53.7 Å². The van der Waals surface area contributed by atoms with Crippen molar-refractivity contribution >= 4 is 29.0 Å². The summed E-state index contributed by atoms with van der Waals surface area (Å²) in [5.41, 5.74) is 2.50. The molecule has 0 spiro atoms. The molecule has 1 aromatic heterocycles. The first-order valence-electron chi connectivity index (χ1n) is 10.7. The van der Waals surface area contributed by atoms with E-state index in [0.29, 0.717) is 17.5 Å². The fraction of sp³-hybridized carbons (Fsp3) is 0.348. The van der Waals surface area contributed by atoms with Crippen LogP contribution in [0.2, 0.25) is 0 Å². The fourth-order valence-electron chi connectivity index (χ4n) is 3.64. The minimum absolute atomic E-state index is 0.0139. The van der Waals surface area contributed by atoms with Gasteiger partial charge in [-0.05, 0) is 50.5 Å². The molecule has 0 saturated carbocycles. The lowest BCUT2D eigenvalue weighted by atomic mass is 10.2. The van der Waals surface area contributed by atoms with Gasteiger partial charge < -0.3 is 10.1 Å². The predicted molar refractivity (Wildman–Crippen MR) is 126 cm³/mol. The predicted octanol–water partition coefficient (Wildman–Crippen LogP) is 4.46. The number of hydrogen-bond acceptors (Lipinski definition) is 7. The van der Waals surface area contributed by atoms with E-state index in [1.54, 1.807) is 12.1 Å². The second kappa shape index (κ2) is 10.1. The summed E-state index contributed by atoms with van der Waals surface area (Å²) in [5.74, 6) is 0.465. The molecule has 10 heteroatoms. The van der Waals surface area contributed by atoms with Gasteiger partial charge in [0.25, 0.3) is 5.69 Å². The Labute approximate surface area is 195 Å². The fourth-order valence-corrected chi connectivity index (χ4v) is 4.50. The average molecular weight is 468 g/mol. The lowest BCUT2D eigenvalue weighted by Gasteiger charge is -2.17. The van der Waals surface area contributed by atoms with Crippen LogP contribution in [0.5, 0.6) is 0 Å². The van der Waals surface area contributed by atoms with Crippen molar-refractivity contribution in [1.29, 1.82) is 0 Å². The number of anilines is 1. The molecule has 0 bridgehead atoms. The van der Waals surface area contributed by atoms with E-state index in [4.69, 9.17) is 4.74 Å². The number of benzene rings is 2. The maximum absolute atomic E-state index is 12.8. The molecule has 1 amide bonds. The summed E-state index contributed by atoms with van der Waals surface area (Å²) in [7, 11) is 0. The van der Waals surface area contributed by atoms with Crippen LogP contribution in [-0.4, -0.2) is 43.6 Å². The van der Waals surface area contributed by atoms with E-state index in [9.17, 15) is 14.9 Å². The number of nitrogens with zero attached hydrogens (tertiary/aromatic N) is 4. The molecule has 1 N–H and O–H groups in total. The van der Waals surface area contributed by atoms with Gasteiger partial charge in [0.2, 0.25) is 5.91 Å². The van der Waals surface area contributed by atoms with Gasteiger partial charge in [-0.15, -0.1) is 10.2 Å². The van der Waals surface area contributed by atoms with Crippen molar-refractivity contribution in [2.24, 2.45) is 0 Å². The van der Waals surface area contributed by atoms with E-state index >= 15 is 0 Å². The molecule has 2 heterocycles. The first kappa shape index (κ1) is 22.9. The van der Waals surface area contributed by atoms with E-state index in [0.717, 1.165) is 36.3 Å². The van der Waals surface area contributed by atoms with Crippen molar-refractivity contribution < 1.29 is 14.5 Å². The minimum Gasteiger partial charge on any atom is -0.376 e. The summed E-state index contributed by atoms with van der Waals surface area (Å²) in [4.78, 5) is 23.4. The van der Waals surface area contributed by atoms with Crippen LogP contribution in [0, 0.1) is 17.0 Å². The quantitative estimate of drug-likeness (QED) is 0.296. The topological polar surface area (TPSA) is 112 Å². The zero-order chi connectivity index (χ0) is 23.4. The monoisotopic (exact) mass is 467 g/mol. The highest BCUT2D eigenvalue weighted by atomic mass is 32.2. The van der Waals surface area contributed by atoms with Gasteiger partial charge in [0, 0.05) is 30.0 Å². The van der Waals surface area contributed by atoms with E-state index in [-0.39, 0.29) is 17.7 Å². The molecular weight excluding hydrogens is 442 g/mol. The Morgan fingerprint density at radius 2 is 2.03 bits per heavy atom. The molecule has 2 atom stereocenters. The number of aromatic nitrogens is 3. The van der Waals surface area contributed by atoms with Crippen LogP contribution in [0.1, 0.15) is 25.3 Å². The molecular formula is C23H25N5O4S. The largest absolute Gasteiger partial charge is 0.376 e. The SMILES string of the molecule is Cc1ccccc1NC(=O)[C@H](C)Sc1nnc(-c2ccc([N+](=O)[O-])cc2)n1C[C@H]1CCCO1. The van der Waals surface area contributed by atoms with Crippen LogP contribution in [0.4, 0.5) is 11.4 Å². The van der Waals surface area contributed by atoms with E-state index < -0.39 is 10.2 Å². The lowest BCUT2D eigenvalue weighted by Crippen LogP contribution is -2.24. The third-order valence-corrected chi connectivity index (χ3v) is 6.60. The van der Waals surface area contributed by atoms with Crippen LogP contribution >= 0.6 is 11.8 Å². The second-order valence-corrected chi connectivity index (χ2v) is 9.23. The summed E-state index contributed by atoms with van der Waals surface area (Å²) < 4.78 is 7.76. The molecule has 33 heavy (non-hydrogen) atoms. The minimum atomic E-state index is -0.434. The van der Waals surface area contributed by atoms with Crippen LogP contribution < -0.4 is 5.32 Å². The molecule has 1 saturated heterocycles. The molecule has 1 aliphatic rings. The maximum atomic E-state index is 12.8. The molecule has 0 aliphatic carbocycles. The summed E-state index contributed by atoms with van der Waals surface area (Å²) >= 11 is 1.32. The number of aryl methyl sites for hydroxylation is 1.